The second kappa shape index (κ2) is 4.52. The fraction of sp³-hybridized carbons (Fsp3) is 0.429. The molecule has 1 aliphatic rings. The molecule has 2 rings (SSSR count). The van der Waals surface area contributed by atoms with Gasteiger partial charge in [0, 0.05) is 5.69 Å². The van der Waals surface area contributed by atoms with E-state index in [1.165, 1.54) is 19.1 Å². The molecule has 0 unspecified atom stereocenters. The monoisotopic (exact) mass is 249 g/mol. The van der Waals surface area contributed by atoms with Crippen molar-refractivity contribution in [1.29, 1.82) is 0 Å². The van der Waals surface area contributed by atoms with E-state index in [1.807, 2.05) is 0 Å². The van der Waals surface area contributed by atoms with Gasteiger partial charge in [-0.3, -0.25) is 9.59 Å². The molecular formula is C14H16FNO2. The van der Waals surface area contributed by atoms with Gasteiger partial charge >= 0.3 is 0 Å². The van der Waals surface area contributed by atoms with Crippen LogP contribution in [0.15, 0.2) is 18.2 Å². The lowest BCUT2D eigenvalue weighted by Gasteiger charge is -2.41. The minimum absolute atomic E-state index is 0.0739. The van der Waals surface area contributed by atoms with E-state index < -0.39 is 11.4 Å². The average Bonchev–Trinajstić information content (AvgIpc) is 2.22. The number of hydrogen-bond donors (Lipinski definition) is 1. The van der Waals surface area contributed by atoms with Crippen LogP contribution in [0, 0.1) is 5.82 Å². The van der Waals surface area contributed by atoms with E-state index in [4.69, 9.17) is 0 Å². The van der Waals surface area contributed by atoms with E-state index in [9.17, 15) is 14.0 Å². The number of Topliss-reactive ketones (excluding diaryl/α,β-unsaturated/α-hetero) is 2. The molecule has 18 heavy (non-hydrogen) atoms. The number of halogens is 1. The maximum absolute atomic E-state index is 13.7. The van der Waals surface area contributed by atoms with Crippen LogP contribution in [0.4, 0.5) is 10.1 Å². The van der Waals surface area contributed by atoms with Crippen molar-refractivity contribution in [3.63, 3.8) is 0 Å². The zero-order chi connectivity index (χ0) is 13.3. The van der Waals surface area contributed by atoms with E-state index in [0.717, 1.165) is 19.3 Å². The van der Waals surface area contributed by atoms with Crippen LogP contribution >= 0.6 is 0 Å². The molecular weight excluding hydrogens is 233 g/mol. The highest BCUT2D eigenvalue weighted by molar-refractivity contribution is 5.95. The van der Waals surface area contributed by atoms with Crippen LogP contribution < -0.4 is 5.32 Å². The quantitative estimate of drug-likeness (QED) is 0.834. The molecule has 0 bridgehead atoms. The first kappa shape index (κ1) is 12.7. The number of hydrogen-bond acceptors (Lipinski definition) is 3. The summed E-state index contributed by atoms with van der Waals surface area (Å²) in [6.07, 6.45) is 2.55. The number of carbonyl (C=O) groups is 2. The molecule has 1 aliphatic carbocycles. The smallest absolute Gasteiger partial charge is 0.162 e. The summed E-state index contributed by atoms with van der Waals surface area (Å²) in [7, 11) is 0. The Hall–Kier alpha value is -1.71. The minimum atomic E-state index is -0.550. The van der Waals surface area contributed by atoms with Crippen molar-refractivity contribution >= 4 is 17.3 Å². The molecule has 0 amide bonds. The van der Waals surface area contributed by atoms with Crippen molar-refractivity contribution in [3.05, 3.63) is 29.6 Å². The van der Waals surface area contributed by atoms with Crippen molar-refractivity contribution in [3.8, 4) is 0 Å². The zero-order valence-corrected chi connectivity index (χ0v) is 10.5. The lowest BCUT2D eigenvalue weighted by atomic mass is 9.74. The van der Waals surface area contributed by atoms with Crippen LogP contribution in [0.1, 0.15) is 43.5 Å². The number of carbonyl (C=O) groups excluding carboxylic acids is 2. The third-order valence-electron chi connectivity index (χ3n) is 3.61. The van der Waals surface area contributed by atoms with Crippen LogP contribution in [-0.4, -0.2) is 17.1 Å². The molecule has 1 N–H and O–H groups in total. The molecule has 4 heteroatoms. The van der Waals surface area contributed by atoms with Crippen molar-refractivity contribution in [1.82, 2.24) is 0 Å². The molecule has 0 spiro atoms. The standard InChI is InChI=1S/C14H16FNO2/c1-9(17)12-5-4-11(8-13(12)15)16-14(10(2)18)6-3-7-14/h4-5,8,16H,3,6-7H2,1-2H3. The van der Waals surface area contributed by atoms with Crippen LogP contribution in [-0.2, 0) is 4.79 Å². The summed E-state index contributed by atoms with van der Waals surface area (Å²) in [6.45, 7) is 2.88. The lowest BCUT2D eigenvalue weighted by molar-refractivity contribution is -0.123. The van der Waals surface area contributed by atoms with Crippen LogP contribution in [0.25, 0.3) is 0 Å². The summed E-state index contributed by atoms with van der Waals surface area (Å²) in [6, 6.07) is 4.37. The Morgan fingerprint density at radius 3 is 2.33 bits per heavy atom. The highest BCUT2D eigenvalue weighted by Crippen LogP contribution is 2.36. The van der Waals surface area contributed by atoms with Gasteiger partial charge in [-0.2, -0.15) is 0 Å². The molecule has 1 aromatic carbocycles. The van der Waals surface area contributed by atoms with Gasteiger partial charge in [0.1, 0.15) is 5.82 Å². The SMILES string of the molecule is CC(=O)c1ccc(NC2(C(C)=O)CCC2)cc1F. The Kier molecular flexibility index (Phi) is 3.20. The molecule has 1 saturated carbocycles. The molecule has 1 aromatic rings. The summed E-state index contributed by atoms with van der Waals surface area (Å²) in [5.74, 6) is -0.778. The maximum Gasteiger partial charge on any atom is 0.162 e. The summed E-state index contributed by atoms with van der Waals surface area (Å²) in [4.78, 5) is 22.7. The van der Waals surface area contributed by atoms with Crippen molar-refractivity contribution in [2.75, 3.05) is 5.32 Å². The van der Waals surface area contributed by atoms with E-state index in [2.05, 4.69) is 5.32 Å². The third-order valence-corrected chi connectivity index (χ3v) is 3.61. The third kappa shape index (κ3) is 2.15. The highest BCUT2D eigenvalue weighted by Gasteiger charge is 2.41. The fourth-order valence-corrected chi connectivity index (χ4v) is 2.25. The molecule has 0 saturated heterocycles. The molecule has 96 valence electrons. The molecule has 0 atom stereocenters. The normalized spacial score (nSPS) is 16.8. The molecule has 0 radical (unpaired) electrons. The largest absolute Gasteiger partial charge is 0.373 e. The molecule has 0 aromatic heterocycles. The Balaban J connectivity index is 2.23. The molecule has 1 fully saturated rings. The minimum Gasteiger partial charge on any atom is -0.373 e. The summed E-state index contributed by atoms with van der Waals surface area (Å²) >= 11 is 0. The van der Waals surface area contributed by atoms with Crippen LogP contribution in [0.2, 0.25) is 0 Å². The van der Waals surface area contributed by atoms with Gasteiger partial charge < -0.3 is 5.32 Å². The Morgan fingerprint density at radius 2 is 1.94 bits per heavy atom. The highest BCUT2D eigenvalue weighted by atomic mass is 19.1. The number of nitrogens with one attached hydrogen (secondary N) is 1. The topological polar surface area (TPSA) is 46.2 Å². The Morgan fingerprint density at radius 1 is 1.28 bits per heavy atom. The zero-order valence-electron chi connectivity index (χ0n) is 10.5. The predicted octanol–water partition coefficient (Wildman–Crippen LogP) is 2.95. The molecule has 0 aliphatic heterocycles. The molecule has 3 nitrogen and oxygen atoms in total. The van der Waals surface area contributed by atoms with Gasteiger partial charge in [-0.1, -0.05) is 0 Å². The van der Waals surface area contributed by atoms with Gasteiger partial charge in [0.15, 0.2) is 11.6 Å². The van der Waals surface area contributed by atoms with Crippen LogP contribution in [0.5, 0.6) is 0 Å². The first-order valence-corrected chi connectivity index (χ1v) is 6.04. The van der Waals surface area contributed by atoms with Gasteiger partial charge in [-0.05, 0) is 51.3 Å². The van der Waals surface area contributed by atoms with Gasteiger partial charge in [0.05, 0.1) is 11.1 Å². The van der Waals surface area contributed by atoms with Crippen molar-refractivity contribution < 1.29 is 14.0 Å². The Labute approximate surface area is 105 Å². The summed E-state index contributed by atoms with van der Waals surface area (Å²) in [5, 5.41) is 3.10. The van der Waals surface area contributed by atoms with E-state index in [0.29, 0.717) is 5.69 Å². The second-order valence-corrected chi connectivity index (χ2v) is 4.87. The second-order valence-electron chi connectivity index (χ2n) is 4.87. The van der Waals surface area contributed by atoms with E-state index in [-0.39, 0.29) is 17.1 Å². The van der Waals surface area contributed by atoms with E-state index >= 15 is 0 Å². The fourth-order valence-electron chi connectivity index (χ4n) is 2.25. The summed E-state index contributed by atoms with van der Waals surface area (Å²) < 4.78 is 13.7. The first-order valence-electron chi connectivity index (χ1n) is 6.04. The van der Waals surface area contributed by atoms with Crippen LogP contribution in [0.3, 0.4) is 0 Å². The first-order chi connectivity index (χ1) is 8.44. The Bertz CT molecular complexity index is 507. The van der Waals surface area contributed by atoms with Crippen molar-refractivity contribution in [2.45, 2.75) is 38.6 Å². The van der Waals surface area contributed by atoms with Gasteiger partial charge in [0.25, 0.3) is 0 Å². The van der Waals surface area contributed by atoms with Gasteiger partial charge in [0.2, 0.25) is 0 Å². The number of ketones is 2. The molecule has 0 heterocycles. The number of anilines is 1. The van der Waals surface area contributed by atoms with E-state index in [1.54, 1.807) is 13.0 Å². The van der Waals surface area contributed by atoms with Gasteiger partial charge in [-0.15, -0.1) is 0 Å². The lowest BCUT2D eigenvalue weighted by Crippen LogP contribution is -2.51. The maximum atomic E-state index is 13.7. The van der Waals surface area contributed by atoms with Crippen molar-refractivity contribution in [2.24, 2.45) is 0 Å². The number of benzene rings is 1. The average molecular weight is 249 g/mol. The predicted molar refractivity (Wildman–Crippen MR) is 67.3 cm³/mol. The number of rotatable bonds is 4. The van der Waals surface area contributed by atoms with Gasteiger partial charge in [-0.25, -0.2) is 4.39 Å². The summed E-state index contributed by atoms with van der Waals surface area (Å²) in [5.41, 5.74) is 0.0860.